The topological polar surface area (TPSA) is 72.8 Å². The molecule has 4 aromatic rings. The van der Waals surface area contributed by atoms with Crippen molar-refractivity contribution in [3.63, 3.8) is 0 Å². The number of carboxylic acid groups (broad SMARTS) is 1. The average Bonchev–Trinajstić information content (AvgIpc) is 3.08. The summed E-state index contributed by atoms with van der Waals surface area (Å²) in [7, 11) is 0. The van der Waals surface area contributed by atoms with Crippen molar-refractivity contribution in [3.8, 4) is 23.0 Å². The molecule has 3 aromatic carbocycles. The fourth-order valence-corrected chi connectivity index (χ4v) is 4.20. The highest BCUT2D eigenvalue weighted by Gasteiger charge is 2.31. The quantitative estimate of drug-likeness (QED) is 0.240. The molecule has 0 saturated carbocycles. The highest BCUT2D eigenvalue weighted by Crippen LogP contribution is 2.39. The van der Waals surface area contributed by atoms with E-state index in [1.165, 1.54) is 18.2 Å². The monoisotopic (exact) mass is 546 g/mol. The molecule has 1 heterocycles. The van der Waals surface area contributed by atoms with E-state index in [0.29, 0.717) is 38.9 Å². The van der Waals surface area contributed by atoms with E-state index in [9.17, 15) is 23.1 Å². The van der Waals surface area contributed by atoms with Crippen molar-refractivity contribution in [3.05, 3.63) is 83.0 Å². The lowest BCUT2D eigenvalue weighted by atomic mass is 10.1. The number of fused-ring (bicyclic) bond motifs is 1. The molecule has 0 saturated heterocycles. The van der Waals surface area contributed by atoms with Crippen molar-refractivity contribution in [2.24, 2.45) is 5.92 Å². The van der Waals surface area contributed by atoms with Gasteiger partial charge in [0, 0.05) is 23.0 Å². The number of carbonyl (C=O) groups is 1. The van der Waals surface area contributed by atoms with Gasteiger partial charge in [0.05, 0.1) is 17.2 Å². The minimum absolute atomic E-state index is 0.233. The van der Waals surface area contributed by atoms with Crippen LogP contribution in [0.5, 0.6) is 23.0 Å². The first-order valence-electron chi connectivity index (χ1n) is 11.7. The van der Waals surface area contributed by atoms with Gasteiger partial charge in [0.1, 0.15) is 23.4 Å². The molecule has 38 heavy (non-hydrogen) atoms. The summed E-state index contributed by atoms with van der Waals surface area (Å²) >= 11 is 5.97. The van der Waals surface area contributed by atoms with Crippen LogP contribution < -0.4 is 19.3 Å². The smallest absolute Gasteiger partial charge is 0.546 e. The third kappa shape index (κ3) is 6.34. The first-order valence-corrected chi connectivity index (χ1v) is 12.1. The summed E-state index contributed by atoms with van der Waals surface area (Å²) < 4.78 is 56.5. The maximum Gasteiger partial charge on any atom is 0.573 e. The number of nitrogens with zero attached hydrogens (tertiary/aromatic N) is 1. The molecule has 6 nitrogen and oxygen atoms in total. The number of alkyl halides is 3. The highest BCUT2D eigenvalue weighted by molar-refractivity contribution is 6.30. The molecule has 1 aromatic heterocycles. The van der Waals surface area contributed by atoms with Gasteiger partial charge in [0.2, 0.25) is 0 Å². The molecule has 0 amide bonds. The molecule has 0 spiro atoms. The lowest BCUT2D eigenvalue weighted by molar-refractivity contribution is -0.315. The summed E-state index contributed by atoms with van der Waals surface area (Å²) in [6.45, 7) is 5.45. The number of hydrogen-bond donors (Lipinski definition) is 0. The van der Waals surface area contributed by atoms with Crippen LogP contribution in [0.1, 0.15) is 25.1 Å². The minimum Gasteiger partial charge on any atom is -0.546 e. The Labute approximate surface area is 222 Å². The van der Waals surface area contributed by atoms with Crippen LogP contribution in [-0.4, -0.2) is 23.0 Å². The molecule has 0 bridgehead atoms. The van der Waals surface area contributed by atoms with E-state index >= 15 is 0 Å². The Morgan fingerprint density at radius 3 is 2.32 bits per heavy atom. The second-order valence-corrected chi connectivity index (χ2v) is 9.47. The van der Waals surface area contributed by atoms with Crippen molar-refractivity contribution in [2.45, 2.75) is 39.8 Å². The molecular formula is C28H24ClF3NO5-. The first-order chi connectivity index (χ1) is 17.9. The molecule has 1 unspecified atom stereocenters. The number of aliphatic carboxylic acids is 1. The maximum absolute atomic E-state index is 12.9. The van der Waals surface area contributed by atoms with E-state index in [-0.39, 0.29) is 18.2 Å². The number of ether oxygens (including phenoxy) is 3. The predicted molar refractivity (Wildman–Crippen MR) is 135 cm³/mol. The summed E-state index contributed by atoms with van der Waals surface area (Å²) in [4.78, 5) is 11.5. The third-order valence-electron chi connectivity index (χ3n) is 5.85. The largest absolute Gasteiger partial charge is 0.573 e. The van der Waals surface area contributed by atoms with Crippen LogP contribution in [0.4, 0.5) is 13.2 Å². The highest BCUT2D eigenvalue weighted by atomic mass is 35.5. The number of carbonyl (C=O) groups excluding carboxylic acids is 1. The van der Waals surface area contributed by atoms with Crippen LogP contribution in [0.3, 0.4) is 0 Å². The van der Waals surface area contributed by atoms with Crippen molar-refractivity contribution in [1.29, 1.82) is 0 Å². The molecule has 0 radical (unpaired) electrons. The van der Waals surface area contributed by atoms with Gasteiger partial charge in [-0.2, -0.15) is 0 Å². The van der Waals surface area contributed by atoms with Crippen molar-refractivity contribution >= 4 is 28.5 Å². The fraction of sp³-hybridized carbons (Fsp3) is 0.250. The average molecular weight is 547 g/mol. The van der Waals surface area contributed by atoms with Crippen LogP contribution in [0.15, 0.2) is 66.7 Å². The van der Waals surface area contributed by atoms with E-state index in [4.69, 9.17) is 21.1 Å². The van der Waals surface area contributed by atoms with Gasteiger partial charge >= 0.3 is 6.36 Å². The third-order valence-corrected chi connectivity index (χ3v) is 6.10. The van der Waals surface area contributed by atoms with E-state index in [1.54, 1.807) is 73.9 Å². The zero-order chi connectivity index (χ0) is 27.6. The van der Waals surface area contributed by atoms with Gasteiger partial charge in [-0.15, -0.1) is 13.2 Å². The molecule has 4 rings (SSSR count). The number of aromatic nitrogens is 1. The number of hydrogen-bond acceptors (Lipinski definition) is 5. The number of halogens is 4. The molecule has 0 fully saturated rings. The van der Waals surface area contributed by atoms with Crippen LogP contribution >= 0.6 is 11.6 Å². The first kappa shape index (κ1) is 27.2. The molecular weight excluding hydrogens is 523 g/mol. The summed E-state index contributed by atoms with van der Waals surface area (Å²) in [5.41, 5.74) is 1.83. The van der Waals surface area contributed by atoms with Crippen LogP contribution in [-0.2, 0) is 11.3 Å². The lowest BCUT2D eigenvalue weighted by Gasteiger charge is -2.23. The summed E-state index contributed by atoms with van der Waals surface area (Å²) in [6.07, 6.45) is -5.98. The van der Waals surface area contributed by atoms with Crippen LogP contribution in [0, 0.1) is 12.8 Å². The second kappa shape index (κ2) is 10.9. The predicted octanol–water partition coefficient (Wildman–Crippen LogP) is 6.50. The fourth-order valence-electron chi connectivity index (χ4n) is 4.08. The van der Waals surface area contributed by atoms with Crippen molar-refractivity contribution in [2.75, 3.05) is 0 Å². The van der Waals surface area contributed by atoms with Gasteiger partial charge < -0.3 is 28.7 Å². The Morgan fingerprint density at radius 2 is 1.68 bits per heavy atom. The normalized spacial score (nSPS) is 12.5. The number of carboxylic acids is 1. The van der Waals surface area contributed by atoms with Crippen molar-refractivity contribution < 1.29 is 37.3 Å². The van der Waals surface area contributed by atoms with Crippen LogP contribution in [0.25, 0.3) is 10.9 Å². The Morgan fingerprint density at radius 1 is 1.00 bits per heavy atom. The van der Waals surface area contributed by atoms with E-state index in [1.807, 2.05) is 0 Å². The number of benzene rings is 3. The Bertz CT molecular complexity index is 1450. The molecule has 0 aliphatic rings. The Hall–Kier alpha value is -3.85. The zero-order valence-electron chi connectivity index (χ0n) is 20.7. The van der Waals surface area contributed by atoms with Gasteiger partial charge in [-0.1, -0.05) is 37.6 Å². The molecule has 0 aliphatic carbocycles. The maximum atomic E-state index is 12.9. The van der Waals surface area contributed by atoms with Gasteiger partial charge in [-0.05, 0) is 66.9 Å². The molecule has 0 aliphatic heterocycles. The van der Waals surface area contributed by atoms with E-state index in [2.05, 4.69) is 4.74 Å². The zero-order valence-corrected chi connectivity index (χ0v) is 21.5. The Balaban J connectivity index is 1.75. The van der Waals surface area contributed by atoms with Crippen molar-refractivity contribution in [1.82, 2.24) is 4.57 Å². The SMILES string of the molecule is Cc1c(Oc2ccc(Cl)cc2)c2ccc(OC(F)(F)F)cc2n1Cc1cccc(OC(C(=O)[O-])C(C)C)c1. The van der Waals surface area contributed by atoms with Crippen LogP contribution in [0.2, 0.25) is 5.02 Å². The van der Waals surface area contributed by atoms with E-state index < -0.39 is 18.4 Å². The standard InChI is InChI=1S/C28H25ClF3NO5/c1-16(2)25(27(34)35)37-21-6-4-5-18(13-21)15-33-17(3)26(36-20-9-7-19(29)8-10-20)23-12-11-22(14-24(23)33)38-28(30,31)32/h4-14,16,25H,15H2,1-3H3,(H,34,35)/p-1. The summed E-state index contributed by atoms with van der Waals surface area (Å²) in [5.74, 6) is -0.710. The molecule has 1 atom stereocenters. The van der Waals surface area contributed by atoms with Gasteiger partial charge in [0.15, 0.2) is 5.75 Å². The van der Waals surface area contributed by atoms with Gasteiger partial charge in [-0.25, -0.2) is 0 Å². The molecule has 10 heteroatoms. The Kier molecular flexibility index (Phi) is 7.78. The van der Waals surface area contributed by atoms with Gasteiger partial charge in [-0.3, -0.25) is 0 Å². The molecule has 200 valence electrons. The second-order valence-electron chi connectivity index (χ2n) is 9.03. The number of rotatable bonds is 9. The summed E-state index contributed by atoms with van der Waals surface area (Å²) in [6, 6.07) is 17.6. The lowest BCUT2D eigenvalue weighted by Crippen LogP contribution is -2.42. The summed E-state index contributed by atoms with van der Waals surface area (Å²) in [5, 5.41) is 12.6. The van der Waals surface area contributed by atoms with Gasteiger partial charge in [0.25, 0.3) is 0 Å². The van der Waals surface area contributed by atoms with E-state index in [0.717, 1.165) is 5.56 Å². The minimum atomic E-state index is -4.85. The molecule has 0 N–H and O–H groups in total.